The van der Waals surface area contributed by atoms with Crippen molar-refractivity contribution < 1.29 is 29.0 Å². The molecule has 0 saturated carbocycles. The number of fused-ring (bicyclic) bond motifs is 1. The summed E-state index contributed by atoms with van der Waals surface area (Å²) >= 11 is 5.37. The molecule has 7 atom stereocenters. The van der Waals surface area contributed by atoms with Gasteiger partial charge in [0.2, 0.25) is 11.8 Å². The first-order valence-electron chi connectivity index (χ1n) is 14.0. The van der Waals surface area contributed by atoms with E-state index in [0.29, 0.717) is 45.9 Å². The molecule has 4 aliphatic heterocycles. The second-order valence-corrected chi connectivity index (χ2v) is 13.6. The van der Waals surface area contributed by atoms with E-state index in [1.807, 2.05) is 6.08 Å². The monoisotopic (exact) mass is 627 g/mol. The molecule has 4 saturated heterocycles. The zero-order valence-electron chi connectivity index (χ0n) is 22.8. The maximum Gasteiger partial charge on any atom is 0.310 e. The van der Waals surface area contributed by atoms with Crippen molar-refractivity contribution in [3.63, 3.8) is 0 Å². The number of carbonyl (C=O) groups is 3. The smallest absolute Gasteiger partial charge is 0.310 e. The van der Waals surface area contributed by atoms with E-state index in [9.17, 15) is 19.5 Å². The summed E-state index contributed by atoms with van der Waals surface area (Å²) in [6.45, 7) is 13.9. The lowest BCUT2D eigenvalue weighted by atomic mass is 9.71. The van der Waals surface area contributed by atoms with Gasteiger partial charge in [0.15, 0.2) is 0 Å². The third kappa shape index (κ3) is 5.98. The highest BCUT2D eigenvalue weighted by molar-refractivity contribution is 9.09. The lowest BCUT2D eigenvalue weighted by Crippen LogP contribution is -2.58. The molecule has 218 valence electrons. The predicted octanol–water partition coefficient (Wildman–Crippen LogP) is 2.08. The van der Waals surface area contributed by atoms with Crippen LogP contribution in [0.3, 0.4) is 0 Å². The fraction of sp³-hybridized carbons (Fsp3) is 0.750. The molecule has 9 nitrogen and oxygen atoms in total. The number of amides is 2. The molecule has 0 aromatic carbocycles. The number of thioether (sulfide) groups is 1. The van der Waals surface area contributed by atoms with E-state index in [-0.39, 0.29) is 34.5 Å². The van der Waals surface area contributed by atoms with E-state index in [0.717, 1.165) is 32.4 Å². The van der Waals surface area contributed by atoms with Gasteiger partial charge in [-0.2, -0.15) is 0 Å². The van der Waals surface area contributed by atoms with Crippen LogP contribution in [0.5, 0.6) is 0 Å². The number of hydrogen-bond donors (Lipinski definition) is 1. The molecule has 1 spiro atoms. The van der Waals surface area contributed by atoms with Crippen molar-refractivity contribution in [2.45, 2.75) is 59.5 Å². The first kappa shape index (κ1) is 30.6. The topological polar surface area (TPSA) is 99.6 Å². The van der Waals surface area contributed by atoms with Crippen LogP contribution in [-0.4, -0.2) is 124 Å². The van der Waals surface area contributed by atoms with Crippen LogP contribution in [0.25, 0.3) is 0 Å². The lowest BCUT2D eigenvalue weighted by molar-refractivity contribution is -0.154. The highest BCUT2D eigenvalue weighted by Gasteiger charge is 2.76. The molecular formula is C28H42BrN3O6S. The summed E-state index contributed by atoms with van der Waals surface area (Å²) in [4.78, 5) is 47.4. The maximum absolute atomic E-state index is 14.4. The highest BCUT2D eigenvalue weighted by Crippen LogP contribution is 2.68. The van der Waals surface area contributed by atoms with E-state index < -0.39 is 28.7 Å². The van der Waals surface area contributed by atoms with E-state index in [1.54, 1.807) is 34.6 Å². The van der Waals surface area contributed by atoms with Gasteiger partial charge >= 0.3 is 5.97 Å². The Morgan fingerprint density at radius 3 is 2.72 bits per heavy atom. The van der Waals surface area contributed by atoms with Crippen molar-refractivity contribution in [2.24, 2.45) is 11.8 Å². The molecule has 0 aliphatic carbocycles. The van der Waals surface area contributed by atoms with Crippen LogP contribution in [-0.2, 0) is 23.9 Å². The summed E-state index contributed by atoms with van der Waals surface area (Å²) in [6, 6.07) is -1.33. The summed E-state index contributed by atoms with van der Waals surface area (Å²) in [5.41, 5.74) is 0. The predicted molar refractivity (Wildman–Crippen MR) is 155 cm³/mol. The number of esters is 1. The molecule has 11 heteroatoms. The maximum atomic E-state index is 14.4. The average Bonchev–Trinajstić information content (AvgIpc) is 3.53. The lowest BCUT2D eigenvalue weighted by Gasteiger charge is -2.39. The van der Waals surface area contributed by atoms with Crippen molar-refractivity contribution in [1.29, 1.82) is 0 Å². The molecule has 4 fully saturated rings. The van der Waals surface area contributed by atoms with Gasteiger partial charge in [-0.25, -0.2) is 0 Å². The number of halogens is 1. The van der Waals surface area contributed by atoms with E-state index >= 15 is 0 Å². The Balaban J connectivity index is 1.59. The van der Waals surface area contributed by atoms with Crippen molar-refractivity contribution in [1.82, 2.24) is 14.7 Å². The number of hydrogen-bond acceptors (Lipinski definition) is 8. The SMILES string of the molecule is C=CCCCCOC(=O)[C@H]1[C@@H]2SC3(CC2Br)C(C(=O)N(CC=C)CCN2CCOCC2)N([C@H](C)CO)C(=O)[C@H]13. The van der Waals surface area contributed by atoms with Gasteiger partial charge in [0.25, 0.3) is 0 Å². The second kappa shape index (κ2) is 13.5. The second-order valence-electron chi connectivity index (χ2n) is 10.9. The number of rotatable bonds is 14. The molecule has 0 radical (unpaired) electrons. The molecule has 4 heterocycles. The van der Waals surface area contributed by atoms with Crippen LogP contribution in [0, 0.1) is 11.8 Å². The van der Waals surface area contributed by atoms with E-state index in [1.165, 1.54) is 0 Å². The van der Waals surface area contributed by atoms with Crippen molar-refractivity contribution in [3.8, 4) is 0 Å². The minimum Gasteiger partial charge on any atom is -0.465 e. The molecule has 0 aromatic heterocycles. The third-order valence-corrected chi connectivity index (χ3v) is 11.7. The molecule has 1 N–H and O–H groups in total. The number of aliphatic hydroxyl groups is 1. The van der Waals surface area contributed by atoms with E-state index in [4.69, 9.17) is 9.47 Å². The summed E-state index contributed by atoms with van der Waals surface area (Å²) in [5, 5.41) is 9.95. The summed E-state index contributed by atoms with van der Waals surface area (Å²) < 4.78 is 10.4. The Labute approximate surface area is 244 Å². The molecule has 2 bridgehead atoms. The summed E-state index contributed by atoms with van der Waals surface area (Å²) in [7, 11) is 0. The first-order chi connectivity index (χ1) is 18.8. The number of alkyl halides is 1. The molecule has 2 amide bonds. The van der Waals surface area contributed by atoms with Crippen LogP contribution in [0.1, 0.15) is 32.6 Å². The zero-order chi connectivity index (χ0) is 28.2. The van der Waals surface area contributed by atoms with Gasteiger partial charge in [0.05, 0.1) is 49.1 Å². The Morgan fingerprint density at radius 1 is 1.31 bits per heavy atom. The Hall–Kier alpha value is -1.40. The fourth-order valence-electron chi connectivity index (χ4n) is 6.55. The summed E-state index contributed by atoms with van der Waals surface area (Å²) in [6.07, 6.45) is 6.63. The number of allylic oxidation sites excluding steroid dienone is 1. The third-order valence-electron chi connectivity index (χ3n) is 8.47. The largest absolute Gasteiger partial charge is 0.465 e. The number of aliphatic hydroxyl groups excluding tert-OH is 1. The van der Waals surface area contributed by atoms with Gasteiger partial charge in [-0.3, -0.25) is 19.3 Å². The molecule has 39 heavy (non-hydrogen) atoms. The van der Waals surface area contributed by atoms with Gasteiger partial charge in [0, 0.05) is 42.8 Å². The van der Waals surface area contributed by atoms with E-state index in [2.05, 4.69) is 34.0 Å². The summed E-state index contributed by atoms with van der Waals surface area (Å²) in [5.74, 6) is -2.03. The van der Waals surface area contributed by atoms with Crippen LogP contribution < -0.4 is 0 Å². The molecular weight excluding hydrogens is 586 g/mol. The standard InChI is InChI=1S/C28H42BrN3O6S/c1-4-6-7-8-14-38-27(36)21-22-25(34)32(19(3)18-33)24(28(22)17-20(29)23(21)39-28)26(35)31(9-5-2)11-10-30-12-15-37-16-13-30/h4-5,19-24,33H,1-2,6-18H2,3H3/t19-,20?,21-,22+,23-,24?,28?/m1/s1. The molecule has 4 rings (SSSR count). The minimum atomic E-state index is -0.776. The van der Waals surface area contributed by atoms with Gasteiger partial charge in [0.1, 0.15) is 6.04 Å². The Morgan fingerprint density at radius 2 is 2.05 bits per heavy atom. The normalized spacial score (nSPS) is 32.6. The fourth-order valence-corrected chi connectivity index (χ4v) is 10.1. The highest BCUT2D eigenvalue weighted by atomic mass is 79.9. The number of morpholine rings is 1. The van der Waals surface area contributed by atoms with Crippen LogP contribution >= 0.6 is 27.7 Å². The molecule has 0 aromatic rings. The van der Waals surface area contributed by atoms with Crippen LogP contribution in [0.2, 0.25) is 0 Å². The van der Waals surface area contributed by atoms with Gasteiger partial charge < -0.3 is 24.4 Å². The van der Waals surface area contributed by atoms with Gasteiger partial charge in [-0.05, 0) is 32.6 Å². The van der Waals surface area contributed by atoms with Crippen molar-refractivity contribution >= 4 is 45.5 Å². The molecule has 3 unspecified atom stereocenters. The van der Waals surface area contributed by atoms with Gasteiger partial charge in [-0.15, -0.1) is 24.9 Å². The van der Waals surface area contributed by atoms with Gasteiger partial charge in [-0.1, -0.05) is 28.1 Å². The number of carbonyl (C=O) groups excluding carboxylic acids is 3. The number of nitrogens with zero attached hydrogens (tertiary/aromatic N) is 3. The van der Waals surface area contributed by atoms with Crippen LogP contribution in [0.15, 0.2) is 25.3 Å². The number of unbranched alkanes of at least 4 members (excludes halogenated alkanes) is 2. The minimum absolute atomic E-state index is 0.0225. The quantitative estimate of drug-likeness (QED) is 0.135. The zero-order valence-corrected chi connectivity index (χ0v) is 25.2. The first-order valence-corrected chi connectivity index (χ1v) is 15.8. The Bertz CT molecular complexity index is 933. The number of likely N-dealkylation sites (tertiary alicyclic amines) is 1. The number of ether oxygens (including phenoxy) is 2. The Kier molecular flexibility index (Phi) is 10.6. The molecule has 4 aliphatic rings. The van der Waals surface area contributed by atoms with Crippen molar-refractivity contribution in [2.75, 3.05) is 59.2 Å². The van der Waals surface area contributed by atoms with Crippen LogP contribution in [0.4, 0.5) is 0 Å². The average molecular weight is 629 g/mol. The van der Waals surface area contributed by atoms with Crippen molar-refractivity contribution in [3.05, 3.63) is 25.3 Å².